The second-order valence-corrected chi connectivity index (χ2v) is 4.47. The molecule has 2 fully saturated rings. The molecule has 1 heterocycles. The molecule has 0 aromatic heterocycles. The highest BCUT2D eigenvalue weighted by molar-refractivity contribution is 4.90. The Bertz CT molecular complexity index is 195. The summed E-state index contributed by atoms with van der Waals surface area (Å²) in [4.78, 5) is 0. The molecule has 2 N–H and O–H groups in total. The zero-order chi connectivity index (χ0) is 10.0. The van der Waals surface area contributed by atoms with Gasteiger partial charge >= 0.3 is 0 Å². The molecule has 0 amide bonds. The van der Waals surface area contributed by atoms with Gasteiger partial charge in [-0.1, -0.05) is 12.8 Å². The molecule has 2 atom stereocenters. The van der Waals surface area contributed by atoms with Gasteiger partial charge in [-0.2, -0.15) is 0 Å². The van der Waals surface area contributed by atoms with Gasteiger partial charge in [-0.3, -0.25) is 0 Å². The summed E-state index contributed by atoms with van der Waals surface area (Å²) in [5.74, 6) is 0. The predicted octanol–water partition coefficient (Wildman–Crippen LogP) is 0.618. The number of ether oxygens (including phenoxy) is 1. The van der Waals surface area contributed by atoms with Gasteiger partial charge in [-0.05, 0) is 12.8 Å². The van der Waals surface area contributed by atoms with E-state index >= 15 is 0 Å². The molecule has 0 aromatic carbocycles. The van der Waals surface area contributed by atoms with Crippen molar-refractivity contribution in [3.63, 3.8) is 0 Å². The molecule has 1 aliphatic heterocycles. The van der Waals surface area contributed by atoms with Crippen LogP contribution in [-0.4, -0.2) is 42.7 Å². The summed E-state index contributed by atoms with van der Waals surface area (Å²) in [5.41, 5.74) is -0.595. The monoisotopic (exact) mass is 203 g/mol. The molecule has 1 aliphatic carbocycles. The summed E-state index contributed by atoms with van der Waals surface area (Å²) in [6.07, 6.45) is 2.92. The Hall–Kier alpha value is -0.190. The van der Waals surface area contributed by atoms with Gasteiger partial charge in [0.1, 0.15) is 6.17 Å². The number of hydrogen-bond acceptors (Lipinski definition) is 3. The molecule has 14 heavy (non-hydrogen) atoms. The van der Waals surface area contributed by atoms with E-state index in [-0.39, 0.29) is 12.6 Å². The normalized spacial score (nSPS) is 36.4. The standard InChI is InChI=1S/C10H18FNO2/c11-8-5-14-6-9(8)12-7-10(13)3-1-2-4-10/h8-9,12-13H,1-7H2/t8-,9-/m1/s1. The average molecular weight is 203 g/mol. The van der Waals surface area contributed by atoms with Crippen molar-refractivity contribution in [1.29, 1.82) is 0 Å². The van der Waals surface area contributed by atoms with Crippen molar-refractivity contribution in [3.8, 4) is 0 Å². The molecular formula is C10H18FNO2. The number of rotatable bonds is 3. The first-order chi connectivity index (χ1) is 6.70. The van der Waals surface area contributed by atoms with E-state index in [0.29, 0.717) is 13.2 Å². The van der Waals surface area contributed by atoms with Crippen molar-refractivity contribution in [2.24, 2.45) is 0 Å². The van der Waals surface area contributed by atoms with Crippen molar-refractivity contribution >= 4 is 0 Å². The van der Waals surface area contributed by atoms with Crippen LogP contribution in [0.2, 0.25) is 0 Å². The Kier molecular flexibility index (Phi) is 3.04. The summed E-state index contributed by atoms with van der Waals surface area (Å²) in [6, 6.07) is -0.223. The van der Waals surface area contributed by atoms with Gasteiger partial charge < -0.3 is 15.2 Å². The van der Waals surface area contributed by atoms with Crippen molar-refractivity contribution < 1.29 is 14.2 Å². The van der Waals surface area contributed by atoms with Gasteiger partial charge in [-0.25, -0.2) is 4.39 Å². The molecule has 2 aliphatic rings. The summed E-state index contributed by atoms with van der Waals surface area (Å²) in [5, 5.41) is 13.1. The van der Waals surface area contributed by atoms with E-state index in [9.17, 15) is 9.50 Å². The van der Waals surface area contributed by atoms with Crippen LogP contribution in [-0.2, 0) is 4.74 Å². The Morgan fingerprint density at radius 3 is 2.64 bits per heavy atom. The van der Waals surface area contributed by atoms with Crippen LogP contribution in [0.4, 0.5) is 4.39 Å². The molecule has 1 saturated carbocycles. The van der Waals surface area contributed by atoms with Gasteiger partial charge in [0.2, 0.25) is 0 Å². The average Bonchev–Trinajstić information content (AvgIpc) is 2.73. The lowest BCUT2D eigenvalue weighted by molar-refractivity contribution is 0.0427. The Morgan fingerprint density at radius 2 is 2.07 bits per heavy atom. The van der Waals surface area contributed by atoms with E-state index in [1.807, 2.05) is 0 Å². The summed E-state index contributed by atoms with van der Waals surface area (Å²) in [7, 11) is 0. The Balaban J connectivity index is 1.75. The van der Waals surface area contributed by atoms with Gasteiger partial charge in [0.15, 0.2) is 0 Å². The predicted molar refractivity (Wildman–Crippen MR) is 50.9 cm³/mol. The first-order valence-electron chi connectivity index (χ1n) is 5.37. The maximum atomic E-state index is 13.1. The lowest BCUT2D eigenvalue weighted by Crippen LogP contribution is -2.46. The molecule has 3 nitrogen and oxygen atoms in total. The first-order valence-corrected chi connectivity index (χ1v) is 5.37. The van der Waals surface area contributed by atoms with Crippen LogP contribution in [0.15, 0.2) is 0 Å². The minimum absolute atomic E-state index is 0.191. The molecule has 1 saturated heterocycles. The summed E-state index contributed by atoms with van der Waals surface area (Å²) >= 11 is 0. The van der Waals surface area contributed by atoms with Crippen LogP contribution in [0.5, 0.6) is 0 Å². The lowest BCUT2D eigenvalue weighted by atomic mass is 10.0. The summed E-state index contributed by atoms with van der Waals surface area (Å²) < 4.78 is 18.1. The second-order valence-electron chi connectivity index (χ2n) is 4.47. The Morgan fingerprint density at radius 1 is 1.36 bits per heavy atom. The lowest BCUT2D eigenvalue weighted by Gasteiger charge is -2.25. The fourth-order valence-corrected chi connectivity index (χ4v) is 2.25. The number of aliphatic hydroxyl groups is 1. The number of alkyl halides is 1. The first kappa shape index (κ1) is 10.3. The van der Waals surface area contributed by atoms with Gasteiger partial charge in [-0.15, -0.1) is 0 Å². The van der Waals surface area contributed by atoms with Crippen LogP contribution in [0.25, 0.3) is 0 Å². The van der Waals surface area contributed by atoms with E-state index in [1.54, 1.807) is 0 Å². The van der Waals surface area contributed by atoms with Crippen LogP contribution >= 0.6 is 0 Å². The van der Waals surface area contributed by atoms with Gasteiger partial charge in [0.05, 0.1) is 24.9 Å². The van der Waals surface area contributed by atoms with Crippen molar-refractivity contribution in [2.45, 2.75) is 43.5 Å². The second kappa shape index (κ2) is 4.13. The van der Waals surface area contributed by atoms with Crippen LogP contribution in [0, 0.1) is 0 Å². The van der Waals surface area contributed by atoms with E-state index in [0.717, 1.165) is 25.7 Å². The zero-order valence-corrected chi connectivity index (χ0v) is 8.34. The third-order valence-electron chi connectivity index (χ3n) is 3.24. The molecule has 82 valence electrons. The minimum Gasteiger partial charge on any atom is -0.389 e. The molecule has 0 aromatic rings. The van der Waals surface area contributed by atoms with Crippen molar-refractivity contribution in [3.05, 3.63) is 0 Å². The Labute approximate surface area is 83.6 Å². The SMILES string of the molecule is OC1(CN[C@@H]2COC[C@H]2F)CCCC1. The van der Waals surface area contributed by atoms with E-state index in [4.69, 9.17) is 4.74 Å². The van der Waals surface area contributed by atoms with Gasteiger partial charge in [0, 0.05) is 6.54 Å². The zero-order valence-electron chi connectivity index (χ0n) is 8.34. The van der Waals surface area contributed by atoms with Crippen LogP contribution in [0.1, 0.15) is 25.7 Å². The maximum Gasteiger partial charge on any atom is 0.141 e. The van der Waals surface area contributed by atoms with E-state index < -0.39 is 11.8 Å². The maximum absolute atomic E-state index is 13.1. The highest BCUT2D eigenvalue weighted by Crippen LogP contribution is 2.28. The molecule has 2 rings (SSSR count). The largest absolute Gasteiger partial charge is 0.389 e. The highest BCUT2D eigenvalue weighted by atomic mass is 19.1. The fourth-order valence-electron chi connectivity index (χ4n) is 2.25. The topological polar surface area (TPSA) is 41.5 Å². The molecule has 0 unspecified atom stereocenters. The van der Waals surface area contributed by atoms with E-state index in [2.05, 4.69) is 5.32 Å². The number of hydrogen-bond donors (Lipinski definition) is 2. The fraction of sp³-hybridized carbons (Fsp3) is 1.00. The quantitative estimate of drug-likeness (QED) is 0.706. The number of halogens is 1. The van der Waals surface area contributed by atoms with Crippen molar-refractivity contribution in [1.82, 2.24) is 5.32 Å². The molecule has 0 spiro atoms. The molecule has 0 bridgehead atoms. The van der Waals surface area contributed by atoms with Gasteiger partial charge in [0.25, 0.3) is 0 Å². The third kappa shape index (κ3) is 2.24. The smallest absolute Gasteiger partial charge is 0.141 e. The van der Waals surface area contributed by atoms with Crippen molar-refractivity contribution in [2.75, 3.05) is 19.8 Å². The molecule has 0 radical (unpaired) electrons. The minimum atomic E-state index is -0.917. The molecule has 4 heteroatoms. The van der Waals surface area contributed by atoms with E-state index in [1.165, 1.54) is 0 Å². The molecular weight excluding hydrogens is 185 g/mol. The summed E-state index contributed by atoms with van der Waals surface area (Å²) in [6.45, 7) is 1.12. The van der Waals surface area contributed by atoms with Crippen LogP contribution in [0.3, 0.4) is 0 Å². The third-order valence-corrected chi connectivity index (χ3v) is 3.24. The van der Waals surface area contributed by atoms with Crippen LogP contribution < -0.4 is 5.32 Å². The highest BCUT2D eigenvalue weighted by Gasteiger charge is 2.34. The number of nitrogens with one attached hydrogen (secondary N) is 1.